The first kappa shape index (κ1) is 15.3. The molecule has 2 heterocycles. The lowest BCUT2D eigenvalue weighted by Crippen LogP contribution is -2.41. The van der Waals surface area contributed by atoms with E-state index in [-0.39, 0.29) is 0 Å². The maximum Gasteiger partial charge on any atom is 0.0108 e. The van der Waals surface area contributed by atoms with Crippen molar-refractivity contribution in [3.05, 3.63) is 0 Å². The Bertz CT molecular complexity index is 246. The summed E-state index contributed by atoms with van der Waals surface area (Å²) in [5.41, 5.74) is 0. The van der Waals surface area contributed by atoms with E-state index < -0.39 is 0 Å². The van der Waals surface area contributed by atoms with Gasteiger partial charge in [0.15, 0.2) is 0 Å². The lowest BCUT2D eigenvalue weighted by atomic mass is 10.0. The van der Waals surface area contributed by atoms with Gasteiger partial charge in [-0.2, -0.15) is 0 Å². The van der Waals surface area contributed by atoms with Crippen molar-refractivity contribution in [2.75, 3.05) is 33.2 Å². The molecule has 2 atom stereocenters. The van der Waals surface area contributed by atoms with Gasteiger partial charge in [-0.15, -0.1) is 0 Å². The van der Waals surface area contributed by atoms with Crippen molar-refractivity contribution in [3.8, 4) is 0 Å². The van der Waals surface area contributed by atoms with Gasteiger partial charge in [-0.1, -0.05) is 0 Å². The molecule has 0 spiro atoms. The Morgan fingerprint density at radius 1 is 0.947 bits per heavy atom. The highest BCUT2D eigenvalue weighted by atomic mass is 15.2. The van der Waals surface area contributed by atoms with Gasteiger partial charge in [-0.25, -0.2) is 0 Å². The Balaban J connectivity index is 1.86. The highest BCUT2D eigenvalue weighted by molar-refractivity contribution is 4.83. The van der Waals surface area contributed by atoms with Crippen LogP contribution >= 0.6 is 0 Å². The standard InChI is InChI=1S/C16H33N3/c1-14(2)19-12-5-7-16(9-13-19)18(3)15-6-4-10-17-11-8-15/h14-17H,4-13H2,1-3H3. The topological polar surface area (TPSA) is 18.5 Å². The quantitative estimate of drug-likeness (QED) is 0.846. The molecule has 0 amide bonds. The zero-order chi connectivity index (χ0) is 13.7. The third-order valence-corrected chi connectivity index (χ3v) is 5.16. The minimum atomic E-state index is 0.714. The van der Waals surface area contributed by atoms with Crippen LogP contribution in [-0.4, -0.2) is 61.2 Å². The van der Waals surface area contributed by atoms with Crippen LogP contribution in [0.4, 0.5) is 0 Å². The summed E-state index contributed by atoms with van der Waals surface area (Å²) in [6, 6.07) is 2.34. The molecule has 2 fully saturated rings. The molecule has 0 aromatic heterocycles. The summed E-state index contributed by atoms with van der Waals surface area (Å²) >= 11 is 0. The van der Waals surface area contributed by atoms with Gasteiger partial charge in [0.05, 0.1) is 0 Å². The Hall–Kier alpha value is -0.120. The van der Waals surface area contributed by atoms with Gasteiger partial charge in [-0.05, 0) is 85.6 Å². The molecule has 0 aliphatic carbocycles. The van der Waals surface area contributed by atoms with E-state index in [2.05, 4.69) is 36.0 Å². The average Bonchev–Trinajstić information content (AvgIpc) is 2.80. The highest BCUT2D eigenvalue weighted by Gasteiger charge is 2.26. The largest absolute Gasteiger partial charge is 0.317 e. The zero-order valence-electron chi connectivity index (χ0n) is 13.2. The molecule has 0 saturated carbocycles. The normalized spacial score (nSPS) is 31.4. The van der Waals surface area contributed by atoms with Crippen molar-refractivity contribution >= 4 is 0 Å². The zero-order valence-corrected chi connectivity index (χ0v) is 13.2. The molecule has 2 aliphatic rings. The number of likely N-dealkylation sites (tertiary alicyclic amines) is 1. The molecule has 2 saturated heterocycles. The number of nitrogens with zero attached hydrogens (tertiary/aromatic N) is 2. The van der Waals surface area contributed by atoms with Crippen molar-refractivity contribution < 1.29 is 0 Å². The minimum absolute atomic E-state index is 0.714. The van der Waals surface area contributed by atoms with Crippen LogP contribution in [0.1, 0.15) is 52.4 Å². The summed E-state index contributed by atoms with van der Waals surface area (Å²) in [5.74, 6) is 0. The number of hydrogen-bond donors (Lipinski definition) is 1. The predicted octanol–water partition coefficient (Wildman–Crippen LogP) is 2.32. The summed E-state index contributed by atoms with van der Waals surface area (Å²) in [6.45, 7) is 9.68. The monoisotopic (exact) mass is 267 g/mol. The summed E-state index contributed by atoms with van der Waals surface area (Å²) in [5, 5.41) is 3.53. The Morgan fingerprint density at radius 2 is 1.68 bits per heavy atom. The van der Waals surface area contributed by atoms with Crippen LogP contribution in [0.25, 0.3) is 0 Å². The van der Waals surface area contributed by atoms with E-state index in [4.69, 9.17) is 0 Å². The SMILES string of the molecule is CC(C)N1CCCC(N(C)C2CCCNCC2)CC1. The summed E-state index contributed by atoms with van der Waals surface area (Å²) in [4.78, 5) is 5.37. The van der Waals surface area contributed by atoms with E-state index in [1.54, 1.807) is 0 Å². The van der Waals surface area contributed by atoms with E-state index in [1.807, 2.05) is 0 Å². The molecular weight excluding hydrogens is 234 g/mol. The van der Waals surface area contributed by atoms with Crippen molar-refractivity contribution in [1.29, 1.82) is 0 Å². The van der Waals surface area contributed by atoms with Crippen molar-refractivity contribution in [1.82, 2.24) is 15.1 Å². The Morgan fingerprint density at radius 3 is 2.47 bits per heavy atom. The minimum Gasteiger partial charge on any atom is -0.317 e. The van der Waals surface area contributed by atoms with E-state index in [0.717, 1.165) is 12.1 Å². The van der Waals surface area contributed by atoms with Crippen LogP contribution in [0.5, 0.6) is 0 Å². The first-order valence-corrected chi connectivity index (χ1v) is 8.35. The summed E-state index contributed by atoms with van der Waals surface area (Å²) in [7, 11) is 2.38. The molecule has 3 nitrogen and oxygen atoms in total. The third-order valence-electron chi connectivity index (χ3n) is 5.16. The summed E-state index contributed by atoms with van der Waals surface area (Å²) in [6.07, 6.45) is 8.19. The van der Waals surface area contributed by atoms with Crippen LogP contribution in [0.2, 0.25) is 0 Å². The highest BCUT2D eigenvalue weighted by Crippen LogP contribution is 2.22. The third kappa shape index (κ3) is 4.44. The second kappa shape index (κ2) is 7.61. The number of rotatable bonds is 3. The smallest absolute Gasteiger partial charge is 0.0108 e. The van der Waals surface area contributed by atoms with Gasteiger partial charge >= 0.3 is 0 Å². The molecule has 3 heteroatoms. The Labute approximate surface area is 119 Å². The maximum atomic E-state index is 3.53. The van der Waals surface area contributed by atoms with Gasteiger partial charge in [0, 0.05) is 18.1 Å². The van der Waals surface area contributed by atoms with E-state index in [9.17, 15) is 0 Å². The fraction of sp³-hybridized carbons (Fsp3) is 1.00. The fourth-order valence-electron chi connectivity index (χ4n) is 3.73. The molecule has 0 bridgehead atoms. The lowest BCUT2D eigenvalue weighted by Gasteiger charge is -2.34. The number of nitrogens with one attached hydrogen (secondary N) is 1. The van der Waals surface area contributed by atoms with Crippen molar-refractivity contribution in [2.24, 2.45) is 0 Å². The van der Waals surface area contributed by atoms with Gasteiger partial charge < -0.3 is 15.1 Å². The average molecular weight is 267 g/mol. The molecule has 0 aromatic carbocycles. The number of hydrogen-bond acceptors (Lipinski definition) is 3. The predicted molar refractivity (Wildman–Crippen MR) is 82.6 cm³/mol. The first-order valence-electron chi connectivity index (χ1n) is 8.35. The molecule has 0 aromatic rings. The fourth-order valence-corrected chi connectivity index (χ4v) is 3.73. The molecule has 19 heavy (non-hydrogen) atoms. The summed E-state index contributed by atoms with van der Waals surface area (Å²) < 4.78 is 0. The molecule has 2 unspecified atom stereocenters. The molecule has 2 aliphatic heterocycles. The van der Waals surface area contributed by atoms with Gasteiger partial charge in [0.2, 0.25) is 0 Å². The van der Waals surface area contributed by atoms with E-state index >= 15 is 0 Å². The first-order chi connectivity index (χ1) is 9.18. The van der Waals surface area contributed by atoms with E-state index in [0.29, 0.717) is 6.04 Å². The molecular formula is C16H33N3. The molecule has 0 radical (unpaired) electrons. The van der Waals surface area contributed by atoms with Gasteiger partial charge in [0.1, 0.15) is 0 Å². The second-order valence-corrected chi connectivity index (χ2v) is 6.71. The molecule has 112 valence electrons. The second-order valence-electron chi connectivity index (χ2n) is 6.71. The van der Waals surface area contributed by atoms with E-state index in [1.165, 1.54) is 64.7 Å². The Kier molecular flexibility index (Phi) is 6.11. The van der Waals surface area contributed by atoms with Crippen LogP contribution in [0, 0.1) is 0 Å². The van der Waals surface area contributed by atoms with Crippen molar-refractivity contribution in [2.45, 2.75) is 70.5 Å². The van der Waals surface area contributed by atoms with Crippen LogP contribution in [-0.2, 0) is 0 Å². The van der Waals surface area contributed by atoms with Gasteiger partial charge in [0.25, 0.3) is 0 Å². The van der Waals surface area contributed by atoms with Gasteiger partial charge in [-0.3, -0.25) is 0 Å². The van der Waals surface area contributed by atoms with Crippen molar-refractivity contribution in [3.63, 3.8) is 0 Å². The molecule has 2 rings (SSSR count). The molecule has 1 N–H and O–H groups in total. The lowest BCUT2D eigenvalue weighted by molar-refractivity contribution is 0.142. The van der Waals surface area contributed by atoms with Crippen LogP contribution in [0.15, 0.2) is 0 Å². The maximum absolute atomic E-state index is 3.53. The van der Waals surface area contributed by atoms with Crippen LogP contribution < -0.4 is 5.32 Å². The van der Waals surface area contributed by atoms with Crippen LogP contribution in [0.3, 0.4) is 0 Å².